The van der Waals surface area contributed by atoms with E-state index in [1.807, 2.05) is 0 Å². The van der Waals surface area contributed by atoms with E-state index >= 15 is 0 Å². The molecular formula is C25H48O6. The van der Waals surface area contributed by atoms with Gasteiger partial charge in [0.25, 0.3) is 0 Å². The Labute approximate surface area is 190 Å². The summed E-state index contributed by atoms with van der Waals surface area (Å²) in [5.41, 5.74) is 0. The van der Waals surface area contributed by atoms with Crippen LogP contribution in [0.1, 0.15) is 79.1 Å². The zero-order valence-corrected chi connectivity index (χ0v) is 20.5. The lowest BCUT2D eigenvalue weighted by atomic mass is 9.98. The SMILES string of the molecule is C=CCOC1OC(COCCCC)C(OCCCC)C(OCCCC)C1OCCCC. The molecule has 0 amide bonds. The van der Waals surface area contributed by atoms with Crippen LogP contribution in [0.25, 0.3) is 0 Å². The first kappa shape index (κ1) is 28.5. The van der Waals surface area contributed by atoms with E-state index in [4.69, 9.17) is 28.4 Å². The topological polar surface area (TPSA) is 55.4 Å². The molecule has 1 aliphatic heterocycles. The Hall–Kier alpha value is -0.500. The van der Waals surface area contributed by atoms with Crippen molar-refractivity contribution in [3.63, 3.8) is 0 Å². The van der Waals surface area contributed by atoms with Crippen LogP contribution >= 0.6 is 0 Å². The summed E-state index contributed by atoms with van der Waals surface area (Å²) in [4.78, 5) is 0. The minimum atomic E-state index is -0.535. The van der Waals surface area contributed by atoms with Crippen molar-refractivity contribution in [2.24, 2.45) is 0 Å². The normalized spacial score (nSPS) is 26.3. The van der Waals surface area contributed by atoms with Gasteiger partial charge >= 0.3 is 0 Å². The van der Waals surface area contributed by atoms with Gasteiger partial charge in [0.2, 0.25) is 0 Å². The summed E-state index contributed by atoms with van der Waals surface area (Å²) in [6, 6.07) is 0. The molecule has 184 valence electrons. The average Bonchev–Trinajstić information content (AvgIpc) is 2.78. The third-order valence-corrected chi connectivity index (χ3v) is 5.32. The van der Waals surface area contributed by atoms with Crippen LogP contribution in [-0.2, 0) is 28.4 Å². The van der Waals surface area contributed by atoms with Gasteiger partial charge in [-0.05, 0) is 25.7 Å². The second kappa shape index (κ2) is 19.0. The van der Waals surface area contributed by atoms with Crippen LogP contribution in [0.4, 0.5) is 0 Å². The van der Waals surface area contributed by atoms with Crippen molar-refractivity contribution in [3.05, 3.63) is 12.7 Å². The fourth-order valence-electron chi connectivity index (χ4n) is 3.41. The summed E-state index contributed by atoms with van der Waals surface area (Å²) in [7, 11) is 0. The third kappa shape index (κ3) is 11.3. The van der Waals surface area contributed by atoms with Gasteiger partial charge in [-0.15, -0.1) is 6.58 Å². The minimum absolute atomic E-state index is 0.250. The van der Waals surface area contributed by atoms with Gasteiger partial charge in [-0.3, -0.25) is 0 Å². The second-order valence-corrected chi connectivity index (χ2v) is 8.16. The summed E-state index contributed by atoms with van der Waals surface area (Å²) in [6.45, 7) is 16.0. The summed E-state index contributed by atoms with van der Waals surface area (Å²) < 4.78 is 37.3. The molecule has 0 bridgehead atoms. The summed E-state index contributed by atoms with van der Waals surface area (Å²) in [6.07, 6.45) is 8.41. The van der Waals surface area contributed by atoms with E-state index in [0.717, 1.165) is 51.4 Å². The van der Waals surface area contributed by atoms with Gasteiger partial charge in [0.05, 0.1) is 13.2 Å². The van der Waals surface area contributed by atoms with Crippen molar-refractivity contribution in [2.75, 3.05) is 39.6 Å². The molecule has 5 unspecified atom stereocenters. The minimum Gasteiger partial charge on any atom is -0.379 e. The van der Waals surface area contributed by atoms with Crippen LogP contribution in [0, 0.1) is 0 Å². The van der Waals surface area contributed by atoms with Gasteiger partial charge in [-0.25, -0.2) is 0 Å². The molecule has 0 aliphatic carbocycles. The first-order valence-corrected chi connectivity index (χ1v) is 12.5. The Balaban J connectivity index is 3.03. The van der Waals surface area contributed by atoms with Crippen molar-refractivity contribution >= 4 is 0 Å². The molecule has 6 nitrogen and oxygen atoms in total. The monoisotopic (exact) mass is 444 g/mol. The van der Waals surface area contributed by atoms with Crippen molar-refractivity contribution in [1.29, 1.82) is 0 Å². The first-order chi connectivity index (χ1) is 15.2. The Morgan fingerprint density at radius 2 is 1.19 bits per heavy atom. The van der Waals surface area contributed by atoms with E-state index in [2.05, 4.69) is 34.3 Å². The van der Waals surface area contributed by atoms with Crippen molar-refractivity contribution in [3.8, 4) is 0 Å². The van der Waals surface area contributed by atoms with E-state index in [1.165, 1.54) is 0 Å². The molecule has 31 heavy (non-hydrogen) atoms. The van der Waals surface area contributed by atoms with Crippen molar-refractivity contribution in [1.82, 2.24) is 0 Å². The van der Waals surface area contributed by atoms with E-state index in [-0.39, 0.29) is 24.4 Å². The number of unbranched alkanes of at least 4 members (excludes halogenated alkanes) is 4. The molecule has 1 aliphatic rings. The fourth-order valence-corrected chi connectivity index (χ4v) is 3.41. The van der Waals surface area contributed by atoms with E-state index in [0.29, 0.717) is 39.6 Å². The Morgan fingerprint density at radius 1 is 0.677 bits per heavy atom. The highest BCUT2D eigenvalue weighted by Gasteiger charge is 2.48. The maximum absolute atomic E-state index is 6.39. The highest BCUT2D eigenvalue weighted by Crippen LogP contribution is 2.30. The molecule has 0 aromatic carbocycles. The molecule has 0 saturated carbocycles. The van der Waals surface area contributed by atoms with Gasteiger partial charge in [0, 0.05) is 26.4 Å². The maximum Gasteiger partial charge on any atom is 0.187 e. The highest BCUT2D eigenvalue weighted by molar-refractivity contribution is 4.93. The van der Waals surface area contributed by atoms with Crippen LogP contribution < -0.4 is 0 Å². The molecule has 1 heterocycles. The van der Waals surface area contributed by atoms with Gasteiger partial charge < -0.3 is 28.4 Å². The third-order valence-electron chi connectivity index (χ3n) is 5.32. The van der Waals surface area contributed by atoms with Crippen LogP contribution in [0.15, 0.2) is 12.7 Å². The Kier molecular flexibility index (Phi) is 17.5. The van der Waals surface area contributed by atoms with Crippen LogP contribution in [0.3, 0.4) is 0 Å². The molecule has 0 aromatic rings. The lowest BCUT2D eigenvalue weighted by molar-refractivity contribution is -0.321. The number of rotatable bonds is 20. The number of hydrogen-bond donors (Lipinski definition) is 0. The molecule has 0 aromatic heterocycles. The first-order valence-electron chi connectivity index (χ1n) is 12.5. The lowest BCUT2D eigenvalue weighted by Gasteiger charge is -2.45. The molecule has 0 radical (unpaired) electrons. The average molecular weight is 445 g/mol. The highest BCUT2D eigenvalue weighted by atomic mass is 16.7. The van der Waals surface area contributed by atoms with Gasteiger partial charge in [0.1, 0.15) is 24.4 Å². The predicted molar refractivity (Wildman–Crippen MR) is 124 cm³/mol. The zero-order chi connectivity index (χ0) is 22.7. The standard InChI is InChI=1S/C25H48O6/c1-6-11-16-26-20-21-22(27-17-12-7-2)23(28-18-13-8-3)24(29-19-14-9-4)25(31-21)30-15-10-5/h10,21-25H,5-9,11-20H2,1-4H3. The molecule has 1 rings (SSSR count). The molecule has 0 spiro atoms. The lowest BCUT2D eigenvalue weighted by Crippen LogP contribution is -2.62. The zero-order valence-electron chi connectivity index (χ0n) is 20.5. The van der Waals surface area contributed by atoms with Gasteiger partial charge in [-0.2, -0.15) is 0 Å². The van der Waals surface area contributed by atoms with Gasteiger partial charge in [0.15, 0.2) is 6.29 Å². The molecule has 0 N–H and O–H groups in total. The van der Waals surface area contributed by atoms with Crippen LogP contribution in [0.2, 0.25) is 0 Å². The van der Waals surface area contributed by atoms with Crippen LogP contribution in [-0.4, -0.2) is 70.3 Å². The summed E-state index contributed by atoms with van der Waals surface area (Å²) in [5, 5.41) is 0. The maximum atomic E-state index is 6.39. The number of ether oxygens (including phenoxy) is 6. The van der Waals surface area contributed by atoms with E-state index in [1.54, 1.807) is 6.08 Å². The smallest absolute Gasteiger partial charge is 0.187 e. The van der Waals surface area contributed by atoms with Crippen molar-refractivity contribution in [2.45, 2.75) is 110 Å². The summed E-state index contributed by atoms with van der Waals surface area (Å²) in [5.74, 6) is 0. The van der Waals surface area contributed by atoms with E-state index in [9.17, 15) is 0 Å². The predicted octanol–water partition coefficient (Wildman–Crippen LogP) is 5.29. The molecule has 6 heteroatoms. The molecule has 5 atom stereocenters. The van der Waals surface area contributed by atoms with Crippen molar-refractivity contribution < 1.29 is 28.4 Å². The largest absolute Gasteiger partial charge is 0.379 e. The number of hydrogen-bond acceptors (Lipinski definition) is 6. The second-order valence-electron chi connectivity index (χ2n) is 8.16. The molecule has 1 fully saturated rings. The summed E-state index contributed by atoms with van der Waals surface area (Å²) >= 11 is 0. The van der Waals surface area contributed by atoms with E-state index < -0.39 is 6.29 Å². The Morgan fingerprint density at radius 3 is 1.74 bits per heavy atom. The fraction of sp³-hybridized carbons (Fsp3) is 0.920. The molecular weight excluding hydrogens is 396 g/mol. The quantitative estimate of drug-likeness (QED) is 0.188. The molecule has 1 saturated heterocycles. The van der Waals surface area contributed by atoms with Gasteiger partial charge in [-0.1, -0.05) is 59.5 Å². The van der Waals surface area contributed by atoms with Crippen LogP contribution in [0.5, 0.6) is 0 Å². The Bertz CT molecular complexity index is 419.